The Kier molecular flexibility index (Phi) is 8.35. The molecule has 0 saturated heterocycles. The van der Waals surface area contributed by atoms with E-state index in [9.17, 15) is 19.9 Å². The van der Waals surface area contributed by atoms with Crippen molar-refractivity contribution in [2.75, 3.05) is 7.11 Å². The number of hydrogen-bond donors (Lipinski definition) is 2. The predicted molar refractivity (Wildman–Crippen MR) is 150 cm³/mol. The van der Waals surface area contributed by atoms with Crippen LogP contribution in [-0.4, -0.2) is 47.3 Å². The van der Waals surface area contributed by atoms with Gasteiger partial charge in [0.05, 0.1) is 18.9 Å². The van der Waals surface area contributed by atoms with E-state index in [1.54, 1.807) is 0 Å². The number of carbonyl (C=O) groups is 2. The first-order chi connectivity index (χ1) is 18.2. The van der Waals surface area contributed by atoms with Gasteiger partial charge in [-0.1, -0.05) is 53.1 Å². The van der Waals surface area contributed by atoms with Gasteiger partial charge in [-0.3, -0.25) is 4.79 Å². The Morgan fingerprint density at radius 1 is 1.15 bits per heavy atom. The smallest absolute Gasteiger partial charge is 0.333 e. The zero-order chi connectivity index (χ0) is 28.9. The van der Waals surface area contributed by atoms with Crippen LogP contribution in [-0.2, 0) is 19.1 Å². The summed E-state index contributed by atoms with van der Waals surface area (Å²) in [4.78, 5) is 25.6. The minimum Gasteiger partial charge on any atom is -0.466 e. The van der Waals surface area contributed by atoms with Crippen LogP contribution in [0.1, 0.15) is 106 Å². The summed E-state index contributed by atoms with van der Waals surface area (Å²) in [6.45, 7) is 15.0. The van der Waals surface area contributed by atoms with Gasteiger partial charge in [0.25, 0.3) is 0 Å². The van der Waals surface area contributed by atoms with Gasteiger partial charge in [-0.2, -0.15) is 0 Å². The number of ether oxygens (including phenoxy) is 2. The number of esters is 2. The zero-order valence-corrected chi connectivity index (χ0v) is 25.4. The molecule has 220 valence electrons. The van der Waals surface area contributed by atoms with Crippen molar-refractivity contribution in [2.24, 2.45) is 51.0 Å². The zero-order valence-electron chi connectivity index (χ0n) is 25.4. The Bertz CT molecular complexity index is 1030. The molecular formula is C32H51NO6. The molecule has 2 N–H and O–H groups in total. The number of aliphatic hydroxyl groups excluding tert-OH is 1. The first-order valence-electron chi connectivity index (χ1n) is 15.1. The highest BCUT2D eigenvalue weighted by molar-refractivity contribution is 5.90. The molecule has 2 unspecified atom stereocenters. The van der Waals surface area contributed by atoms with Crippen LogP contribution in [0, 0.1) is 45.8 Å². The average Bonchev–Trinajstić information content (AvgIpc) is 3.12. The minimum absolute atomic E-state index is 0.0625. The lowest BCUT2D eigenvalue weighted by atomic mass is 9.36. The van der Waals surface area contributed by atoms with Crippen molar-refractivity contribution in [1.82, 2.24) is 0 Å². The second-order valence-corrected chi connectivity index (χ2v) is 14.2. The molecular weight excluding hydrogens is 494 g/mol. The molecule has 4 saturated carbocycles. The third kappa shape index (κ3) is 4.74. The van der Waals surface area contributed by atoms with Gasteiger partial charge in [0.2, 0.25) is 0 Å². The lowest BCUT2D eigenvalue weighted by molar-refractivity contribution is -0.218. The summed E-state index contributed by atoms with van der Waals surface area (Å²) in [5.74, 6) is 0.344. The lowest BCUT2D eigenvalue weighted by Gasteiger charge is -2.68. The Morgan fingerprint density at radius 2 is 1.85 bits per heavy atom. The van der Waals surface area contributed by atoms with E-state index in [1.165, 1.54) is 14.0 Å². The highest BCUT2D eigenvalue weighted by Crippen LogP contribution is 2.74. The van der Waals surface area contributed by atoms with Gasteiger partial charge in [-0.05, 0) is 96.9 Å². The highest BCUT2D eigenvalue weighted by atomic mass is 16.5. The predicted octanol–water partition coefficient (Wildman–Crippen LogP) is 6.30. The van der Waals surface area contributed by atoms with E-state index in [-0.39, 0.29) is 45.9 Å². The van der Waals surface area contributed by atoms with Crippen molar-refractivity contribution >= 4 is 17.7 Å². The van der Waals surface area contributed by atoms with Crippen LogP contribution in [0.5, 0.6) is 0 Å². The van der Waals surface area contributed by atoms with Crippen LogP contribution >= 0.6 is 0 Å². The first-order valence-corrected chi connectivity index (χ1v) is 15.1. The average molecular weight is 546 g/mol. The van der Waals surface area contributed by atoms with E-state index in [4.69, 9.17) is 9.47 Å². The van der Waals surface area contributed by atoms with Crippen molar-refractivity contribution in [3.05, 3.63) is 11.1 Å². The molecule has 0 amide bonds. The van der Waals surface area contributed by atoms with Gasteiger partial charge >= 0.3 is 11.9 Å². The Balaban J connectivity index is 1.82. The molecule has 0 radical (unpaired) electrons. The van der Waals surface area contributed by atoms with E-state index in [0.29, 0.717) is 36.7 Å². The van der Waals surface area contributed by atoms with Gasteiger partial charge in [0, 0.05) is 18.4 Å². The highest BCUT2D eigenvalue weighted by Gasteiger charge is 2.70. The van der Waals surface area contributed by atoms with Crippen molar-refractivity contribution < 1.29 is 29.4 Å². The van der Waals surface area contributed by atoms with Gasteiger partial charge in [-0.15, -0.1) is 0 Å². The summed E-state index contributed by atoms with van der Waals surface area (Å²) < 4.78 is 11.3. The Morgan fingerprint density at radius 3 is 2.44 bits per heavy atom. The van der Waals surface area contributed by atoms with Gasteiger partial charge in [0.15, 0.2) is 0 Å². The summed E-state index contributed by atoms with van der Waals surface area (Å²) in [7, 11) is 1.42. The molecule has 0 heterocycles. The lowest BCUT2D eigenvalue weighted by Crippen LogP contribution is -2.65. The second kappa shape index (κ2) is 10.8. The Hall–Kier alpha value is -1.89. The van der Waals surface area contributed by atoms with Crippen LogP contribution in [0.15, 0.2) is 16.3 Å². The summed E-state index contributed by atoms with van der Waals surface area (Å²) in [5, 5.41) is 25.3. The van der Waals surface area contributed by atoms with Crippen LogP contribution in [0.4, 0.5) is 0 Å². The van der Waals surface area contributed by atoms with Crippen LogP contribution in [0.25, 0.3) is 0 Å². The molecule has 39 heavy (non-hydrogen) atoms. The molecule has 7 nitrogen and oxygen atoms in total. The standard InChI is InChI=1S/C32H51NO6/c1-18(2)10-9-11-21(29(36)38-8)27-23-16-25(35)28-30(5)14-13-24(33-37)19(3)22(30)12-15-31(28,6)32(23,7)17-26(27)39-20(4)34/h18-19,22-23,25-26,28,35,37H,9-17H2,1-8H3/b27-21-,33-24-/t19-,22?,23?,25+,26-,28-,30-,31-,32-/m0/s1. The summed E-state index contributed by atoms with van der Waals surface area (Å²) in [6, 6.07) is 0. The molecule has 0 aromatic carbocycles. The van der Waals surface area contributed by atoms with E-state index in [1.807, 2.05) is 0 Å². The number of hydrogen-bond acceptors (Lipinski definition) is 7. The fourth-order valence-corrected chi connectivity index (χ4v) is 10.0. The van der Waals surface area contributed by atoms with E-state index < -0.39 is 12.2 Å². The van der Waals surface area contributed by atoms with Gasteiger partial charge in [0.1, 0.15) is 6.10 Å². The van der Waals surface area contributed by atoms with Crippen LogP contribution in [0.2, 0.25) is 0 Å². The van der Waals surface area contributed by atoms with Gasteiger partial charge in [-0.25, -0.2) is 4.79 Å². The van der Waals surface area contributed by atoms with Crippen molar-refractivity contribution in [3.63, 3.8) is 0 Å². The maximum Gasteiger partial charge on any atom is 0.333 e. The van der Waals surface area contributed by atoms with Crippen molar-refractivity contribution in [2.45, 2.75) is 118 Å². The van der Waals surface area contributed by atoms with Crippen molar-refractivity contribution in [1.29, 1.82) is 0 Å². The number of oxime groups is 1. The Labute approximate surface area is 234 Å². The summed E-state index contributed by atoms with van der Waals surface area (Å²) in [5.41, 5.74) is 1.84. The molecule has 0 spiro atoms. The molecule has 7 heteroatoms. The number of fused-ring (bicyclic) bond motifs is 5. The number of methoxy groups -OCH3 is 1. The molecule has 9 atom stereocenters. The van der Waals surface area contributed by atoms with Crippen molar-refractivity contribution in [3.8, 4) is 0 Å². The SMILES string of the molecule is COC(=O)/C(CCCC(C)C)=C1/C2C[C@@H](O)[C@H]3[C@@]4(C)CC/C(=N/O)[C@@H](C)C4CC[C@]3(C)[C@@]2(C)C[C@@H]1OC(C)=O. The fourth-order valence-electron chi connectivity index (χ4n) is 10.0. The molecule has 0 aliphatic heterocycles. The second-order valence-electron chi connectivity index (χ2n) is 14.2. The molecule has 4 aliphatic carbocycles. The molecule has 0 aromatic rings. The molecule has 0 bridgehead atoms. The summed E-state index contributed by atoms with van der Waals surface area (Å²) in [6.07, 6.45) is 6.17. The summed E-state index contributed by atoms with van der Waals surface area (Å²) >= 11 is 0. The third-order valence-corrected chi connectivity index (χ3v) is 12.0. The van der Waals surface area contributed by atoms with E-state index in [0.717, 1.165) is 49.8 Å². The number of nitrogens with zero attached hydrogens (tertiary/aromatic N) is 1. The van der Waals surface area contributed by atoms with E-state index in [2.05, 4.69) is 46.7 Å². The molecule has 4 aliphatic rings. The van der Waals surface area contributed by atoms with Crippen LogP contribution < -0.4 is 0 Å². The van der Waals surface area contributed by atoms with E-state index >= 15 is 0 Å². The topological polar surface area (TPSA) is 105 Å². The molecule has 0 aromatic heterocycles. The quantitative estimate of drug-likeness (QED) is 0.176. The molecule has 4 fully saturated rings. The number of aliphatic hydroxyl groups is 1. The monoisotopic (exact) mass is 545 g/mol. The number of carbonyl (C=O) groups excluding carboxylic acids is 2. The first kappa shape index (κ1) is 30.1. The van der Waals surface area contributed by atoms with Crippen LogP contribution in [0.3, 0.4) is 0 Å². The third-order valence-electron chi connectivity index (χ3n) is 12.0. The fraction of sp³-hybridized carbons (Fsp3) is 0.844. The minimum atomic E-state index is -0.540. The number of rotatable bonds is 6. The maximum atomic E-state index is 13.2. The largest absolute Gasteiger partial charge is 0.466 e. The van der Waals surface area contributed by atoms with Gasteiger partial charge < -0.3 is 19.8 Å². The normalized spacial score (nSPS) is 43.9. The maximum absolute atomic E-state index is 13.2. The molecule has 4 rings (SSSR count).